The normalized spacial score (nSPS) is 16.5. The van der Waals surface area contributed by atoms with E-state index in [0.29, 0.717) is 48.8 Å². The molecule has 238 valence electrons. The summed E-state index contributed by atoms with van der Waals surface area (Å²) in [6.07, 6.45) is 3.11. The van der Waals surface area contributed by atoms with E-state index >= 15 is 0 Å². The van der Waals surface area contributed by atoms with E-state index in [4.69, 9.17) is 37.8 Å². The van der Waals surface area contributed by atoms with E-state index in [0.717, 1.165) is 19.8 Å². The molecule has 5 rings (SSSR count). The Morgan fingerprint density at radius 2 is 1.73 bits per heavy atom. The standard InChI is InChI=1S/C27H30Cl2N4O6S.C2H4O2/c28-22-7-8-23(25(24(22)29)40(37,38)32-16-5-6-16)39-18-9-11-33(12-10-18)15-17(34)13-30-27(36)21-14-31-26(35)20-4-2-1-3-19(20)21;1-2(3)4/h1-4,7-8,14,16-18,32,34H,5-6,9-13,15H2,(H,30,36)(H,31,35);1H3,(H,3,4)/t17-;/m1./s1. The predicted molar refractivity (Wildman–Crippen MR) is 166 cm³/mol. The average molecular weight is 670 g/mol. The number of carboxylic acid groups (broad SMARTS) is 1. The molecule has 2 fully saturated rings. The van der Waals surface area contributed by atoms with Crippen LogP contribution in [0.5, 0.6) is 5.75 Å². The fraction of sp³-hybridized carbons (Fsp3) is 0.414. The molecule has 2 heterocycles. The minimum atomic E-state index is -3.89. The van der Waals surface area contributed by atoms with Crippen molar-refractivity contribution >= 4 is 55.9 Å². The zero-order valence-corrected chi connectivity index (χ0v) is 26.2. The number of likely N-dealkylation sites (tertiary alicyclic amines) is 1. The molecule has 44 heavy (non-hydrogen) atoms. The number of β-amino-alcohol motifs (C(OH)–C–C–N with tert-alkyl or cyclic N) is 1. The smallest absolute Gasteiger partial charge is 0.300 e. The van der Waals surface area contributed by atoms with Crippen molar-refractivity contribution in [2.75, 3.05) is 26.2 Å². The van der Waals surface area contributed by atoms with Crippen LogP contribution in [0.1, 0.15) is 43.0 Å². The van der Waals surface area contributed by atoms with Crippen LogP contribution in [-0.2, 0) is 14.8 Å². The molecule has 0 spiro atoms. The Morgan fingerprint density at radius 1 is 1.09 bits per heavy atom. The van der Waals surface area contributed by atoms with Gasteiger partial charge in [-0.15, -0.1) is 0 Å². The summed E-state index contributed by atoms with van der Waals surface area (Å²) in [6, 6.07) is 9.80. The first-order valence-corrected chi connectivity index (χ1v) is 16.2. The Balaban J connectivity index is 0.00000104. The molecule has 5 N–H and O–H groups in total. The lowest BCUT2D eigenvalue weighted by molar-refractivity contribution is -0.134. The maximum atomic E-state index is 13.0. The number of ether oxygens (including phenoxy) is 1. The highest BCUT2D eigenvalue weighted by Crippen LogP contribution is 2.38. The summed E-state index contributed by atoms with van der Waals surface area (Å²) in [5.41, 5.74) is 0.0582. The van der Waals surface area contributed by atoms with Crippen molar-refractivity contribution in [2.24, 2.45) is 0 Å². The number of fused-ring (bicyclic) bond motifs is 1. The van der Waals surface area contributed by atoms with Gasteiger partial charge in [-0.25, -0.2) is 13.1 Å². The third-order valence-electron chi connectivity index (χ3n) is 7.03. The third-order valence-corrected chi connectivity index (χ3v) is 9.53. The van der Waals surface area contributed by atoms with Gasteiger partial charge in [-0.1, -0.05) is 41.4 Å². The summed E-state index contributed by atoms with van der Waals surface area (Å²) >= 11 is 12.4. The number of pyridine rings is 1. The van der Waals surface area contributed by atoms with Crippen molar-refractivity contribution in [3.63, 3.8) is 0 Å². The fourth-order valence-corrected chi connectivity index (χ4v) is 6.99. The van der Waals surface area contributed by atoms with Crippen LogP contribution in [-0.4, -0.2) is 84.8 Å². The van der Waals surface area contributed by atoms with Crippen molar-refractivity contribution in [3.8, 4) is 5.75 Å². The number of rotatable bonds is 10. The van der Waals surface area contributed by atoms with Crippen molar-refractivity contribution in [3.05, 3.63) is 68.6 Å². The van der Waals surface area contributed by atoms with Crippen molar-refractivity contribution in [1.29, 1.82) is 0 Å². The second kappa shape index (κ2) is 14.7. The van der Waals surface area contributed by atoms with E-state index in [2.05, 4.69) is 19.9 Å². The number of carbonyl (C=O) groups is 2. The minimum absolute atomic E-state index is 0.0429. The lowest BCUT2D eigenvalue weighted by Gasteiger charge is -2.33. The first kappa shape index (κ1) is 33.7. The highest BCUT2D eigenvalue weighted by molar-refractivity contribution is 7.89. The second-order valence-corrected chi connectivity index (χ2v) is 13.1. The number of aliphatic hydroxyl groups is 1. The summed E-state index contributed by atoms with van der Waals surface area (Å²) in [5.74, 6) is -1.05. The summed E-state index contributed by atoms with van der Waals surface area (Å²) in [6.45, 7) is 2.70. The molecule has 0 bridgehead atoms. The Morgan fingerprint density at radius 3 is 2.36 bits per heavy atom. The van der Waals surface area contributed by atoms with Crippen LogP contribution in [0.25, 0.3) is 10.8 Å². The van der Waals surface area contributed by atoms with Crippen LogP contribution in [0.15, 0.2) is 52.3 Å². The van der Waals surface area contributed by atoms with Crippen LogP contribution in [0.3, 0.4) is 0 Å². The monoisotopic (exact) mass is 668 g/mol. The quantitative estimate of drug-likeness (QED) is 0.217. The van der Waals surface area contributed by atoms with Crippen molar-refractivity contribution in [2.45, 2.75) is 55.8 Å². The molecule has 2 aliphatic rings. The number of carbonyl (C=O) groups excluding carboxylic acids is 1. The molecule has 15 heteroatoms. The Bertz CT molecular complexity index is 1670. The zero-order chi connectivity index (χ0) is 32.0. The van der Waals surface area contributed by atoms with Gasteiger partial charge in [-0.2, -0.15) is 0 Å². The van der Waals surface area contributed by atoms with Gasteiger partial charge in [0.25, 0.3) is 17.4 Å². The van der Waals surface area contributed by atoms with Gasteiger partial charge in [-0.3, -0.25) is 14.4 Å². The molecule has 1 atom stereocenters. The molecule has 1 aliphatic heterocycles. The number of hydrogen-bond acceptors (Lipinski definition) is 8. The molecule has 1 saturated heterocycles. The van der Waals surface area contributed by atoms with E-state index in [1.54, 1.807) is 24.3 Å². The zero-order valence-electron chi connectivity index (χ0n) is 23.9. The second-order valence-electron chi connectivity index (χ2n) is 10.7. The maximum Gasteiger partial charge on any atom is 0.300 e. The van der Waals surface area contributed by atoms with Crippen LogP contribution < -0.4 is 20.3 Å². The highest BCUT2D eigenvalue weighted by atomic mass is 35.5. The molecular weight excluding hydrogens is 635 g/mol. The number of carboxylic acids is 1. The number of aromatic amines is 1. The molecule has 1 saturated carbocycles. The number of aliphatic hydroxyl groups excluding tert-OH is 1. The number of aliphatic carboxylic acids is 1. The summed E-state index contributed by atoms with van der Waals surface area (Å²) in [5, 5.41) is 21.8. The van der Waals surface area contributed by atoms with Gasteiger partial charge in [0.1, 0.15) is 16.7 Å². The summed E-state index contributed by atoms with van der Waals surface area (Å²) < 4.78 is 34.6. The Labute approximate surface area is 264 Å². The molecule has 1 aromatic heterocycles. The molecular formula is C29H34Cl2N4O8S. The fourth-order valence-electron chi connectivity index (χ4n) is 4.79. The van der Waals surface area contributed by atoms with Gasteiger partial charge in [0.05, 0.1) is 21.7 Å². The number of benzene rings is 2. The van der Waals surface area contributed by atoms with Crippen LogP contribution in [0, 0.1) is 0 Å². The Hall–Kier alpha value is -3.20. The van der Waals surface area contributed by atoms with Gasteiger partial charge >= 0.3 is 0 Å². The van der Waals surface area contributed by atoms with Gasteiger partial charge in [0.15, 0.2) is 0 Å². The van der Waals surface area contributed by atoms with E-state index in [1.165, 1.54) is 18.3 Å². The Kier molecular flexibility index (Phi) is 11.3. The van der Waals surface area contributed by atoms with E-state index in [9.17, 15) is 23.1 Å². The molecule has 2 aromatic carbocycles. The van der Waals surface area contributed by atoms with Crippen LogP contribution in [0.2, 0.25) is 10.0 Å². The van der Waals surface area contributed by atoms with Gasteiger partial charge in [0.2, 0.25) is 10.0 Å². The van der Waals surface area contributed by atoms with Crippen LogP contribution in [0.4, 0.5) is 0 Å². The summed E-state index contributed by atoms with van der Waals surface area (Å²) in [4.78, 5) is 38.3. The van der Waals surface area contributed by atoms with Crippen molar-refractivity contribution < 1.29 is 33.0 Å². The van der Waals surface area contributed by atoms with Gasteiger partial charge in [-0.05, 0) is 43.9 Å². The number of hydrogen-bond donors (Lipinski definition) is 5. The topological polar surface area (TPSA) is 178 Å². The number of H-pyrrole nitrogens is 1. The third kappa shape index (κ3) is 8.93. The molecule has 3 aromatic rings. The predicted octanol–water partition coefficient (Wildman–Crippen LogP) is 3.00. The van der Waals surface area contributed by atoms with Gasteiger partial charge < -0.3 is 30.2 Å². The number of piperidine rings is 1. The van der Waals surface area contributed by atoms with Crippen molar-refractivity contribution in [1.82, 2.24) is 19.9 Å². The first-order valence-electron chi connectivity index (χ1n) is 14.0. The molecule has 1 aliphatic carbocycles. The minimum Gasteiger partial charge on any atom is -0.489 e. The SMILES string of the molecule is CC(=O)O.O=C(NC[C@@H](O)CN1CCC(Oc2ccc(Cl)c(Cl)c2S(=O)(=O)NC2CC2)CC1)c1c[nH]c(=O)c2ccccc12. The number of sulfonamides is 1. The molecule has 0 radical (unpaired) electrons. The van der Waals surface area contributed by atoms with Gasteiger partial charge in [0, 0.05) is 56.1 Å². The molecule has 12 nitrogen and oxygen atoms in total. The van der Waals surface area contributed by atoms with E-state index in [-0.39, 0.29) is 50.8 Å². The number of nitrogens with zero attached hydrogens (tertiary/aromatic N) is 1. The number of halogens is 2. The van der Waals surface area contributed by atoms with E-state index in [1.807, 2.05) is 0 Å². The van der Waals surface area contributed by atoms with E-state index < -0.39 is 22.1 Å². The van der Waals surface area contributed by atoms with Crippen LogP contribution >= 0.6 is 23.2 Å². The maximum absolute atomic E-state index is 13.0. The molecule has 0 unspecified atom stereocenters. The average Bonchev–Trinajstić information content (AvgIpc) is 3.78. The lowest BCUT2D eigenvalue weighted by Crippen LogP contribution is -2.45. The summed E-state index contributed by atoms with van der Waals surface area (Å²) in [7, 11) is -3.89. The molecule has 1 amide bonds. The highest BCUT2D eigenvalue weighted by Gasteiger charge is 2.33. The lowest BCUT2D eigenvalue weighted by atomic mass is 10.1. The number of aromatic nitrogens is 1. The first-order chi connectivity index (χ1) is 20.9. The number of nitrogens with one attached hydrogen (secondary N) is 3. The number of amides is 1. The largest absolute Gasteiger partial charge is 0.489 e.